The molecule has 246 valence electrons. The average molecular weight is 629 g/mol. The Balaban J connectivity index is 1.09. The molecule has 4 rings (SSSR count). The largest absolute Gasteiger partial charge is 0.494 e. The molecule has 2 aromatic carbocycles. The number of ether oxygens (including phenoxy) is 1. The summed E-state index contributed by atoms with van der Waals surface area (Å²) in [4.78, 5) is 12.9. The number of piperidine rings is 1. The molecule has 1 aliphatic rings. The molecule has 0 bridgehead atoms. The van der Waals surface area contributed by atoms with Gasteiger partial charge in [0.2, 0.25) is 5.96 Å². The molecule has 9 nitrogen and oxygen atoms in total. The van der Waals surface area contributed by atoms with Crippen molar-refractivity contribution in [1.82, 2.24) is 25.0 Å². The second-order valence-corrected chi connectivity index (χ2v) is 12.0. The lowest BCUT2D eigenvalue weighted by molar-refractivity contribution is 0.220. The van der Waals surface area contributed by atoms with Gasteiger partial charge >= 0.3 is 0 Å². The lowest BCUT2D eigenvalue weighted by Crippen LogP contribution is -2.39. The van der Waals surface area contributed by atoms with Crippen LogP contribution in [0.25, 0.3) is 0 Å². The van der Waals surface area contributed by atoms with E-state index in [9.17, 15) is 9.65 Å². The summed E-state index contributed by atoms with van der Waals surface area (Å²) in [6.07, 6.45) is 10.3. The van der Waals surface area contributed by atoms with Crippen LogP contribution in [0, 0.1) is 22.7 Å². The Kier molecular flexibility index (Phi) is 14.6. The molecule has 2 N–H and O–H groups in total. The number of pyridine rings is 1. The summed E-state index contributed by atoms with van der Waals surface area (Å²) >= 11 is 0. The fourth-order valence-corrected chi connectivity index (χ4v) is 5.57. The number of nitrogens with one attached hydrogen (secondary N) is 2. The van der Waals surface area contributed by atoms with E-state index in [0.29, 0.717) is 32.7 Å². The third-order valence-corrected chi connectivity index (χ3v) is 8.21. The molecule has 0 atom stereocenters. The maximum absolute atomic E-state index is 13.4. The number of halogens is 1. The van der Waals surface area contributed by atoms with Gasteiger partial charge in [0.05, 0.1) is 6.61 Å². The van der Waals surface area contributed by atoms with Crippen LogP contribution in [-0.4, -0.2) is 85.1 Å². The van der Waals surface area contributed by atoms with Gasteiger partial charge in [-0.3, -0.25) is 10.3 Å². The van der Waals surface area contributed by atoms with E-state index in [1.165, 1.54) is 54.9 Å². The fraction of sp³-hybridized carbons (Fsp3) is 0.472. The molecule has 0 amide bonds. The van der Waals surface area contributed by atoms with Crippen LogP contribution in [-0.2, 0) is 13.1 Å². The predicted octanol–water partition coefficient (Wildman–Crippen LogP) is 5.70. The number of anilines is 1. The van der Waals surface area contributed by atoms with Crippen molar-refractivity contribution in [1.29, 1.82) is 10.7 Å². The van der Waals surface area contributed by atoms with Gasteiger partial charge in [-0.1, -0.05) is 36.8 Å². The van der Waals surface area contributed by atoms with Crippen molar-refractivity contribution in [3.63, 3.8) is 0 Å². The van der Waals surface area contributed by atoms with Gasteiger partial charge < -0.3 is 19.9 Å². The number of hydrogen-bond acceptors (Lipinski definition) is 7. The van der Waals surface area contributed by atoms with Crippen LogP contribution in [0.4, 0.5) is 10.2 Å². The minimum atomic E-state index is -0.233. The van der Waals surface area contributed by atoms with E-state index in [-0.39, 0.29) is 11.8 Å². The van der Waals surface area contributed by atoms with Crippen LogP contribution in [0.2, 0.25) is 0 Å². The Bertz CT molecular complexity index is 1340. The molecule has 0 radical (unpaired) electrons. The maximum atomic E-state index is 13.4. The number of aromatic nitrogens is 1. The zero-order valence-corrected chi connectivity index (χ0v) is 27.2. The van der Waals surface area contributed by atoms with Crippen molar-refractivity contribution in [2.75, 3.05) is 64.4 Å². The van der Waals surface area contributed by atoms with Crippen LogP contribution >= 0.6 is 0 Å². The van der Waals surface area contributed by atoms with Gasteiger partial charge in [-0.25, -0.2) is 14.3 Å². The first-order valence-electron chi connectivity index (χ1n) is 16.5. The zero-order chi connectivity index (χ0) is 32.4. The van der Waals surface area contributed by atoms with Crippen LogP contribution in [0.15, 0.2) is 72.9 Å². The second kappa shape index (κ2) is 19.3. The molecule has 0 spiro atoms. The number of guanidine groups is 1. The molecule has 2 heterocycles. The Morgan fingerprint density at radius 1 is 0.957 bits per heavy atom. The predicted molar refractivity (Wildman–Crippen MR) is 182 cm³/mol. The highest BCUT2D eigenvalue weighted by molar-refractivity contribution is 5.78. The van der Waals surface area contributed by atoms with E-state index >= 15 is 0 Å². The fourth-order valence-electron chi connectivity index (χ4n) is 5.57. The van der Waals surface area contributed by atoms with Crippen molar-refractivity contribution in [3.05, 3.63) is 89.9 Å². The van der Waals surface area contributed by atoms with Crippen LogP contribution < -0.4 is 15.0 Å². The number of nitrogens with zero attached hydrogens (tertiary/aromatic N) is 6. The maximum Gasteiger partial charge on any atom is 0.204 e. The van der Waals surface area contributed by atoms with E-state index in [4.69, 9.17) is 10.1 Å². The Morgan fingerprint density at radius 2 is 1.78 bits per heavy atom. The Hall–Kier alpha value is -4.20. The number of likely N-dealkylation sites (tertiary alicyclic amines) is 1. The molecule has 0 unspecified atom stereocenters. The quantitative estimate of drug-likeness (QED) is 0.0609. The molecule has 46 heavy (non-hydrogen) atoms. The summed E-state index contributed by atoms with van der Waals surface area (Å²) in [5.41, 5.74) is 2.30. The van der Waals surface area contributed by atoms with Gasteiger partial charge in [-0.2, -0.15) is 5.26 Å². The van der Waals surface area contributed by atoms with Gasteiger partial charge in [0.1, 0.15) is 17.4 Å². The first-order chi connectivity index (χ1) is 22.5. The highest BCUT2D eigenvalue weighted by Gasteiger charge is 2.13. The molecule has 10 heteroatoms. The van der Waals surface area contributed by atoms with E-state index in [1.54, 1.807) is 6.20 Å². The minimum Gasteiger partial charge on any atom is -0.494 e. The number of nitriles is 1. The van der Waals surface area contributed by atoms with E-state index in [0.717, 1.165) is 56.2 Å². The first kappa shape index (κ1) is 34.7. The highest BCUT2D eigenvalue weighted by Crippen LogP contribution is 2.18. The standard InChI is InChI=1S/C36H49FN8O/c1-42(24-25-44(35-13-3-4-18-40-35)29-31-14-16-33(37)17-15-31)20-8-5-19-41-36(39)45(30-38)23-10-26-46-34-12-9-11-32(27-34)28-43-21-6-2-7-22-43/h3-4,9,11-18,27H,2,5-8,10,19-26,28-29H2,1H3,(H2,39,41). The third kappa shape index (κ3) is 12.3. The summed E-state index contributed by atoms with van der Waals surface area (Å²) < 4.78 is 19.4. The summed E-state index contributed by atoms with van der Waals surface area (Å²) in [5, 5.41) is 21.0. The van der Waals surface area contributed by atoms with Gasteiger partial charge in [-0.15, -0.1) is 0 Å². The Labute approximate surface area is 274 Å². The number of rotatable bonds is 18. The van der Waals surface area contributed by atoms with Gasteiger partial charge in [0, 0.05) is 51.9 Å². The monoisotopic (exact) mass is 628 g/mol. The average Bonchev–Trinajstić information content (AvgIpc) is 3.08. The molecular formula is C36H49FN8O. The van der Waals surface area contributed by atoms with E-state index < -0.39 is 0 Å². The smallest absolute Gasteiger partial charge is 0.204 e. The van der Waals surface area contributed by atoms with Crippen LogP contribution in [0.5, 0.6) is 5.75 Å². The molecule has 1 saturated heterocycles. The van der Waals surface area contributed by atoms with Crippen molar-refractivity contribution in [3.8, 4) is 11.9 Å². The van der Waals surface area contributed by atoms with E-state index in [2.05, 4.69) is 50.4 Å². The van der Waals surface area contributed by atoms with E-state index in [1.807, 2.05) is 42.5 Å². The van der Waals surface area contributed by atoms with Gasteiger partial charge in [0.15, 0.2) is 6.19 Å². The Morgan fingerprint density at radius 3 is 2.54 bits per heavy atom. The molecule has 1 aromatic heterocycles. The summed E-state index contributed by atoms with van der Waals surface area (Å²) in [5.74, 6) is 1.65. The molecule has 3 aromatic rings. The molecular weight excluding hydrogens is 579 g/mol. The van der Waals surface area contributed by atoms with Crippen molar-refractivity contribution in [2.24, 2.45) is 0 Å². The normalized spacial score (nSPS) is 13.3. The van der Waals surface area contributed by atoms with Crippen LogP contribution in [0.1, 0.15) is 49.7 Å². The molecule has 0 aliphatic carbocycles. The summed E-state index contributed by atoms with van der Waals surface area (Å²) in [7, 11) is 2.11. The molecule has 0 saturated carbocycles. The topological polar surface area (TPSA) is 94.8 Å². The summed E-state index contributed by atoms with van der Waals surface area (Å²) in [6, 6.07) is 20.8. The number of likely N-dealkylation sites (N-methyl/N-ethyl adjacent to an activating group) is 1. The van der Waals surface area contributed by atoms with Gasteiger partial charge in [-0.05, 0) is 99.9 Å². The lowest BCUT2D eigenvalue weighted by Gasteiger charge is -2.27. The van der Waals surface area contributed by atoms with Gasteiger partial charge in [0.25, 0.3) is 0 Å². The lowest BCUT2D eigenvalue weighted by atomic mass is 10.1. The first-order valence-corrected chi connectivity index (χ1v) is 16.5. The third-order valence-electron chi connectivity index (χ3n) is 8.21. The SMILES string of the molecule is CN(CCCCNC(=N)N(C#N)CCCOc1cccc(CN2CCCCC2)c1)CCN(Cc1ccc(F)cc1)c1ccccn1. The van der Waals surface area contributed by atoms with Crippen LogP contribution in [0.3, 0.4) is 0 Å². The highest BCUT2D eigenvalue weighted by atomic mass is 19.1. The molecule has 1 aliphatic heterocycles. The number of benzene rings is 2. The molecule has 1 fully saturated rings. The number of hydrogen-bond donors (Lipinski definition) is 2. The van der Waals surface area contributed by atoms with Crippen molar-refractivity contribution >= 4 is 11.8 Å². The summed E-state index contributed by atoms with van der Waals surface area (Å²) in [6.45, 7) is 8.07. The zero-order valence-electron chi connectivity index (χ0n) is 27.2. The minimum absolute atomic E-state index is 0.131. The van der Waals surface area contributed by atoms with Crippen molar-refractivity contribution < 1.29 is 9.13 Å². The van der Waals surface area contributed by atoms with Crippen molar-refractivity contribution in [2.45, 2.75) is 51.6 Å². The second-order valence-electron chi connectivity index (χ2n) is 12.0. The number of unbranched alkanes of at least 4 members (excludes halogenated alkanes) is 1.